The standard InChI is InChI=1S/C24H23N3O4S/c1-30-19-14-13-18(15-20(19)31-2)22(28)26-27-24(32)25-23(29)21(16-9-5-3-6-10-16)17-11-7-4-8-12-17/h3-15,21H,1-2H3,(H,26,28)(H2,25,27,29,32). The maximum absolute atomic E-state index is 13.0. The molecular formula is C24H23N3O4S. The molecule has 0 saturated heterocycles. The second kappa shape index (κ2) is 10.9. The smallest absolute Gasteiger partial charge is 0.269 e. The van der Waals surface area contributed by atoms with Crippen LogP contribution in [-0.2, 0) is 4.79 Å². The molecule has 0 atom stereocenters. The quantitative estimate of drug-likeness (QED) is 0.396. The number of carbonyl (C=O) groups is 2. The van der Waals surface area contributed by atoms with E-state index in [1.54, 1.807) is 12.1 Å². The summed E-state index contributed by atoms with van der Waals surface area (Å²) in [6.45, 7) is 0. The van der Waals surface area contributed by atoms with Gasteiger partial charge in [-0.1, -0.05) is 60.7 Å². The number of thiocarbonyl (C=S) groups is 1. The van der Waals surface area contributed by atoms with E-state index in [9.17, 15) is 9.59 Å². The van der Waals surface area contributed by atoms with Crippen LogP contribution < -0.4 is 25.6 Å². The largest absolute Gasteiger partial charge is 0.493 e. The molecule has 0 saturated carbocycles. The van der Waals surface area contributed by atoms with Gasteiger partial charge >= 0.3 is 0 Å². The first-order chi connectivity index (χ1) is 15.5. The maximum atomic E-state index is 13.0. The third-order valence-electron chi connectivity index (χ3n) is 4.70. The molecule has 2 amide bonds. The van der Waals surface area contributed by atoms with Gasteiger partial charge in [-0.15, -0.1) is 0 Å². The van der Waals surface area contributed by atoms with Crippen LogP contribution in [0.5, 0.6) is 11.5 Å². The number of methoxy groups -OCH3 is 2. The summed E-state index contributed by atoms with van der Waals surface area (Å²) in [5.41, 5.74) is 7.02. The van der Waals surface area contributed by atoms with Crippen LogP contribution in [0.25, 0.3) is 0 Å². The summed E-state index contributed by atoms with van der Waals surface area (Å²) in [4.78, 5) is 25.5. The molecule has 0 aliphatic rings. The minimum absolute atomic E-state index is 0.0271. The fourth-order valence-electron chi connectivity index (χ4n) is 3.16. The van der Waals surface area contributed by atoms with E-state index in [0.717, 1.165) is 11.1 Å². The SMILES string of the molecule is COc1ccc(C(=O)NNC(=S)NC(=O)C(c2ccccc2)c2ccccc2)cc1OC. The number of ether oxygens (including phenoxy) is 2. The third kappa shape index (κ3) is 5.61. The van der Waals surface area contributed by atoms with E-state index in [-0.39, 0.29) is 11.0 Å². The summed E-state index contributed by atoms with van der Waals surface area (Å²) in [6.07, 6.45) is 0. The van der Waals surface area contributed by atoms with E-state index < -0.39 is 11.8 Å². The molecule has 8 heteroatoms. The molecule has 0 spiro atoms. The van der Waals surface area contributed by atoms with Crippen molar-refractivity contribution in [3.05, 3.63) is 95.6 Å². The number of hydrogen-bond acceptors (Lipinski definition) is 5. The predicted molar refractivity (Wildman–Crippen MR) is 126 cm³/mol. The summed E-state index contributed by atoms with van der Waals surface area (Å²) in [6, 6.07) is 23.5. The molecule has 0 aliphatic heterocycles. The van der Waals surface area contributed by atoms with Crippen LogP contribution in [0.3, 0.4) is 0 Å². The van der Waals surface area contributed by atoms with Crippen molar-refractivity contribution in [1.82, 2.24) is 16.2 Å². The van der Waals surface area contributed by atoms with Gasteiger partial charge in [0.25, 0.3) is 5.91 Å². The van der Waals surface area contributed by atoms with Crippen LogP contribution in [-0.4, -0.2) is 31.1 Å². The van der Waals surface area contributed by atoms with E-state index in [0.29, 0.717) is 17.1 Å². The topological polar surface area (TPSA) is 88.7 Å². The molecule has 164 valence electrons. The molecule has 0 fully saturated rings. The van der Waals surface area contributed by atoms with Gasteiger partial charge in [0.15, 0.2) is 16.6 Å². The molecule has 0 radical (unpaired) electrons. The lowest BCUT2D eigenvalue weighted by atomic mass is 9.90. The number of nitrogens with one attached hydrogen (secondary N) is 3. The van der Waals surface area contributed by atoms with E-state index in [1.807, 2.05) is 60.7 Å². The van der Waals surface area contributed by atoms with Crippen LogP contribution in [0, 0.1) is 0 Å². The van der Waals surface area contributed by atoms with Gasteiger partial charge in [0.05, 0.1) is 20.1 Å². The number of benzene rings is 3. The zero-order chi connectivity index (χ0) is 22.9. The molecule has 0 unspecified atom stereocenters. The Kier molecular flexibility index (Phi) is 7.77. The van der Waals surface area contributed by atoms with Gasteiger partial charge < -0.3 is 14.8 Å². The number of hydrogen-bond donors (Lipinski definition) is 3. The normalized spacial score (nSPS) is 10.2. The van der Waals surface area contributed by atoms with Gasteiger partial charge in [-0.2, -0.15) is 0 Å². The van der Waals surface area contributed by atoms with Crippen molar-refractivity contribution < 1.29 is 19.1 Å². The number of amides is 2. The highest BCUT2D eigenvalue weighted by molar-refractivity contribution is 7.80. The Labute approximate surface area is 191 Å². The van der Waals surface area contributed by atoms with Crippen molar-refractivity contribution in [2.75, 3.05) is 14.2 Å². The van der Waals surface area contributed by atoms with Gasteiger partial charge in [0.2, 0.25) is 5.91 Å². The van der Waals surface area contributed by atoms with Gasteiger partial charge in [0.1, 0.15) is 0 Å². The minimum atomic E-state index is -0.557. The summed E-state index contributed by atoms with van der Waals surface area (Å²) in [5.74, 6) is -0.401. The molecule has 32 heavy (non-hydrogen) atoms. The Morgan fingerprint density at radius 2 is 1.34 bits per heavy atom. The van der Waals surface area contributed by atoms with Crippen molar-refractivity contribution in [2.24, 2.45) is 0 Å². The molecule has 0 aliphatic carbocycles. The predicted octanol–water partition coefficient (Wildman–Crippen LogP) is 3.17. The van der Waals surface area contributed by atoms with Crippen molar-refractivity contribution in [3.63, 3.8) is 0 Å². The lowest BCUT2D eigenvalue weighted by molar-refractivity contribution is -0.120. The molecule has 3 rings (SSSR count). The van der Waals surface area contributed by atoms with Crippen molar-refractivity contribution in [1.29, 1.82) is 0 Å². The number of hydrazine groups is 1. The van der Waals surface area contributed by atoms with E-state index in [2.05, 4.69) is 16.2 Å². The van der Waals surface area contributed by atoms with Gasteiger partial charge in [0, 0.05) is 5.56 Å². The van der Waals surface area contributed by atoms with Crippen molar-refractivity contribution >= 4 is 29.1 Å². The van der Waals surface area contributed by atoms with Gasteiger partial charge in [-0.3, -0.25) is 20.4 Å². The first-order valence-electron chi connectivity index (χ1n) is 9.76. The van der Waals surface area contributed by atoms with Crippen LogP contribution in [0.2, 0.25) is 0 Å². The number of rotatable bonds is 6. The zero-order valence-corrected chi connectivity index (χ0v) is 18.4. The molecule has 0 heterocycles. The molecule has 7 nitrogen and oxygen atoms in total. The van der Waals surface area contributed by atoms with Gasteiger partial charge in [-0.25, -0.2) is 0 Å². The highest BCUT2D eigenvalue weighted by atomic mass is 32.1. The average molecular weight is 450 g/mol. The third-order valence-corrected chi connectivity index (χ3v) is 4.90. The van der Waals surface area contributed by atoms with Crippen molar-refractivity contribution in [2.45, 2.75) is 5.92 Å². The van der Waals surface area contributed by atoms with Crippen LogP contribution in [0.4, 0.5) is 0 Å². The Balaban J connectivity index is 1.65. The Morgan fingerprint density at radius 3 is 1.88 bits per heavy atom. The fraction of sp³-hybridized carbons (Fsp3) is 0.125. The molecule has 3 aromatic rings. The summed E-state index contributed by atoms with van der Waals surface area (Å²) >= 11 is 5.20. The highest BCUT2D eigenvalue weighted by Gasteiger charge is 2.23. The Morgan fingerprint density at radius 1 is 0.781 bits per heavy atom. The van der Waals surface area contributed by atoms with Crippen LogP contribution in [0.15, 0.2) is 78.9 Å². The monoisotopic (exact) mass is 449 g/mol. The highest BCUT2D eigenvalue weighted by Crippen LogP contribution is 2.27. The second-order valence-corrected chi connectivity index (χ2v) is 7.13. The van der Waals surface area contributed by atoms with E-state index >= 15 is 0 Å². The summed E-state index contributed by atoms with van der Waals surface area (Å²) in [5, 5.41) is 2.62. The van der Waals surface area contributed by atoms with E-state index in [1.165, 1.54) is 20.3 Å². The maximum Gasteiger partial charge on any atom is 0.269 e. The van der Waals surface area contributed by atoms with Crippen molar-refractivity contribution in [3.8, 4) is 11.5 Å². The molecule has 3 aromatic carbocycles. The van der Waals surface area contributed by atoms with Crippen LogP contribution in [0.1, 0.15) is 27.4 Å². The van der Waals surface area contributed by atoms with Crippen LogP contribution >= 0.6 is 12.2 Å². The fourth-order valence-corrected chi connectivity index (χ4v) is 3.32. The second-order valence-electron chi connectivity index (χ2n) is 6.72. The molecular weight excluding hydrogens is 426 g/mol. The first kappa shape index (κ1) is 22.8. The average Bonchev–Trinajstić information content (AvgIpc) is 2.83. The minimum Gasteiger partial charge on any atom is -0.493 e. The summed E-state index contributed by atoms with van der Waals surface area (Å²) in [7, 11) is 3.00. The Hall–Kier alpha value is -3.91. The van der Waals surface area contributed by atoms with E-state index in [4.69, 9.17) is 21.7 Å². The summed E-state index contributed by atoms with van der Waals surface area (Å²) < 4.78 is 10.4. The first-order valence-corrected chi connectivity index (χ1v) is 10.2. The lowest BCUT2D eigenvalue weighted by Crippen LogP contribution is -2.49. The zero-order valence-electron chi connectivity index (χ0n) is 17.6. The molecule has 0 aromatic heterocycles. The van der Waals surface area contributed by atoms with Gasteiger partial charge in [-0.05, 0) is 41.5 Å². The Bertz CT molecular complexity index is 1050. The number of carbonyl (C=O) groups excluding carboxylic acids is 2. The molecule has 3 N–H and O–H groups in total. The lowest BCUT2D eigenvalue weighted by Gasteiger charge is -2.19. The molecule has 0 bridgehead atoms.